The molecule has 4 aromatic rings. The van der Waals surface area contributed by atoms with Gasteiger partial charge < -0.3 is 15.3 Å². The van der Waals surface area contributed by atoms with E-state index in [1.807, 2.05) is 36.4 Å². The summed E-state index contributed by atoms with van der Waals surface area (Å²) in [7, 11) is 2.57. The smallest absolute Gasteiger partial charge is 0.326 e. The van der Waals surface area contributed by atoms with Gasteiger partial charge in [-0.15, -0.1) is 11.3 Å². The number of aliphatic hydroxyl groups excluding tert-OH is 1. The highest BCUT2D eigenvalue weighted by Gasteiger charge is 2.26. The molecule has 12 heteroatoms. The maximum atomic E-state index is 13.8. The number of aromatic nitrogens is 1. The van der Waals surface area contributed by atoms with Crippen LogP contribution in [0.25, 0.3) is 10.2 Å². The number of nitrogens with zero attached hydrogens (tertiary/aromatic N) is 2. The van der Waals surface area contributed by atoms with Gasteiger partial charge in [-0.25, -0.2) is 23.3 Å². The molecule has 3 amide bonds. The van der Waals surface area contributed by atoms with Crippen LogP contribution >= 0.6 is 23.5 Å². The molecular formula is C26H27F2N5O3S2. The summed E-state index contributed by atoms with van der Waals surface area (Å²) >= 11 is 2.45. The third-order valence-corrected chi connectivity index (χ3v) is 6.72. The Morgan fingerprint density at radius 3 is 2.45 bits per heavy atom. The molecule has 1 atom stereocenters. The van der Waals surface area contributed by atoms with Gasteiger partial charge in [0.25, 0.3) is 0 Å². The number of amides is 3. The van der Waals surface area contributed by atoms with Crippen LogP contribution in [0.4, 0.5) is 19.3 Å². The number of hydrogen-bond acceptors (Lipinski definition) is 7. The van der Waals surface area contributed by atoms with Crippen LogP contribution < -0.4 is 19.7 Å². The Morgan fingerprint density at radius 1 is 1.03 bits per heavy atom. The number of nitrogens with one attached hydrogen (secondary N) is 3. The van der Waals surface area contributed by atoms with Gasteiger partial charge >= 0.3 is 6.03 Å². The number of halogens is 2. The average molecular weight is 560 g/mol. The minimum Gasteiger partial charge on any atom is -0.400 e. The number of hydrogen-bond donors (Lipinski definition) is 4. The molecule has 1 heterocycles. The summed E-state index contributed by atoms with van der Waals surface area (Å²) in [5.41, 5.74) is 4.31. The lowest BCUT2D eigenvalue weighted by Gasteiger charge is -2.25. The van der Waals surface area contributed by atoms with Crippen LogP contribution in [0.1, 0.15) is 11.1 Å². The predicted molar refractivity (Wildman–Crippen MR) is 148 cm³/mol. The number of thiazole rings is 1. The molecule has 3 aromatic carbocycles. The lowest BCUT2D eigenvalue weighted by molar-refractivity contribution is -0.120. The second-order valence-corrected chi connectivity index (χ2v) is 9.50. The van der Waals surface area contributed by atoms with Crippen molar-refractivity contribution < 1.29 is 23.5 Å². The first-order chi connectivity index (χ1) is 18.4. The number of rotatable bonds is 9. The maximum Gasteiger partial charge on any atom is 0.326 e. The molecule has 0 bridgehead atoms. The molecule has 0 aliphatic carbocycles. The lowest BCUT2D eigenvalue weighted by Crippen LogP contribution is -2.51. The summed E-state index contributed by atoms with van der Waals surface area (Å²) in [6.07, 6.45) is -0.105. The van der Waals surface area contributed by atoms with Crippen molar-refractivity contribution in [2.24, 2.45) is 0 Å². The number of urea groups is 1. The highest BCUT2D eigenvalue weighted by molar-refractivity contribution is 7.96. The zero-order valence-corrected chi connectivity index (χ0v) is 22.3. The Hall–Kier alpha value is -3.58. The topological polar surface area (TPSA) is 107 Å². The van der Waals surface area contributed by atoms with Gasteiger partial charge in [-0.2, -0.15) is 0 Å². The van der Waals surface area contributed by atoms with Crippen LogP contribution in [0.2, 0.25) is 0 Å². The molecule has 4 rings (SSSR count). The Kier molecular flexibility index (Phi) is 11.0. The largest absolute Gasteiger partial charge is 0.400 e. The van der Waals surface area contributed by atoms with Crippen molar-refractivity contribution in [2.45, 2.75) is 19.0 Å². The van der Waals surface area contributed by atoms with Gasteiger partial charge in [-0.05, 0) is 41.5 Å². The summed E-state index contributed by atoms with van der Waals surface area (Å²) in [4.78, 5) is 31.6. The van der Waals surface area contributed by atoms with Gasteiger partial charge in [0.2, 0.25) is 5.91 Å². The predicted octanol–water partition coefficient (Wildman–Crippen LogP) is 4.41. The van der Waals surface area contributed by atoms with E-state index < -0.39 is 29.6 Å². The monoisotopic (exact) mass is 559 g/mol. The number of benzene rings is 3. The molecule has 8 nitrogen and oxygen atoms in total. The van der Waals surface area contributed by atoms with Crippen molar-refractivity contribution in [1.29, 1.82) is 0 Å². The van der Waals surface area contributed by atoms with Gasteiger partial charge in [0.15, 0.2) is 0 Å². The Labute approximate surface area is 227 Å². The van der Waals surface area contributed by atoms with Gasteiger partial charge in [-0.1, -0.05) is 30.3 Å². The van der Waals surface area contributed by atoms with Gasteiger partial charge in [0, 0.05) is 51.0 Å². The van der Waals surface area contributed by atoms with E-state index in [0.29, 0.717) is 12.2 Å². The number of aliphatic hydroxyl groups is 1. The second-order valence-electron chi connectivity index (χ2n) is 7.92. The van der Waals surface area contributed by atoms with E-state index >= 15 is 0 Å². The molecule has 0 aliphatic rings. The molecule has 200 valence electrons. The van der Waals surface area contributed by atoms with Crippen LogP contribution in [0, 0.1) is 11.6 Å². The fraction of sp³-hybridized carbons (Fsp3) is 0.192. The molecule has 0 saturated carbocycles. The van der Waals surface area contributed by atoms with Crippen LogP contribution in [-0.2, 0) is 17.8 Å². The van der Waals surface area contributed by atoms with Gasteiger partial charge in [0.05, 0.1) is 15.7 Å². The number of carbonyl (C=O) groups excluding carboxylic acids is 2. The fourth-order valence-corrected chi connectivity index (χ4v) is 4.69. The number of carbonyl (C=O) groups is 2. The molecule has 1 unspecified atom stereocenters. The first-order valence-corrected chi connectivity index (χ1v) is 13.1. The first-order valence-electron chi connectivity index (χ1n) is 11.4. The molecule has 38 heavy (non-hydrogen) atoms. The Balaban J connectivity index is 0.00000195. The number of anilines is 1. The van der Waals surface area contributed by atoms with Gasteiger partial charge in [0.1, 0.15) is 17.7 Å². The van der Waals surface area contributed by atoms with E-state index in [1.54, 1.807) is 24.7 Å². The molecule has 0 spiro atoms. The summed E-state index contributed by atoms with van der Waals surface area (Å²) in [5, 5.41) is 9.63. The maximum absolute atomic E-state index is 13.8. The molecule has 0 aliphatic heterocycles. The van der Waals surface area contributed by atoms with E-state index in [4.69, 9.17) is 5.11 Å². The van der Waals surface area contributed by atoms with Crippen LogP contribution in [0.15, 0.2) is 72.2 Å². The van der Waals surface area contributed by atoms with Crippen LogP contribution in [-0.4, -0.2) is 42.2 Å². The number of likely N-dealkylation sites (N-methyl/N-ethyl adjacent to an activating group) is 1. The van der Waals surface area contributed by atoms with Gasteiger partial charge in [-0.3, -0.25) is 9.52 Å². The summed E-state index contributed by atoms with van der Waals surface area (Å²) in [5.74, 6) is -1.97. The lowest BCUT2D eigenvalue weighted by atomic mass is 10.0. The number of fused-ring (bicyclic) bond motifs is 1. The van der Waals surface area contributed by atoms with E-state index in [9.17, 15) is 18.4 Å². The molecular weight excluding hydrogens is 532 g/mol. The second kappa shape index (κ2) is 14.4. The third-order valence-electron chi connectivity index (χ3n) is 5.33. The molecule has 1 aromatic heterocycles. The van der Waals surface area contributed by atoms with Crippen molar-refractivity contribution in [1.82, 2.24) is 19.7 Å². The fourth-order valence-electron chi connectivity index (χ4n) is 3.57. The van der Waals surface area contributed by atoms with E-state index in [0.717, 1.165) is 53.2 Å². The highest BCUT2D eigenvalue weighted by Crippen LogP contribution is 2.24. The molecule has 4 N–H and O–H groups in total. The Morgan fingerprint density at radius 2 is 1.74 bits per heavy atom. The summed E-state index contributed by atoms with van der Waals surface area (Å²) in [6.45, 7) is 0.512. The van der Waals surface area contributed by atoms with E-state index in [-0.39, 0.29) is 12.0 Å². The standard InChI is InChI=1S/C25H23F2N5O2S2.CH4O/c1-32(20-7-8-23-21(13-20)28-15-35-23)24(33)22(11-17-9-18(26)12-19(27)10-17)30-25(34)31-36-29-14-16-5-3-2-4-6-16;1-2/h2-10,12-13,15,22,29H,11,14H2,1H3,(H2,30,31,34);2H,1H3. The highest BCUT2D eigenvalue weighted by atomic mass is 32.2. The zero-order valence-electron chi connectivity index (χ0n) is 20.7. The molecule has 0 radical (unpaired) electrons. The normalized spacial score (nSPS) is 11.3. The summed E-state index contributed by atoms with van der Waals surface area (Å²) < 4.78 is 34.1. The third kappa shape index (κ3) is 8.21. The molecule has 0 fully saturated rings. The average Bonchev–Trinajstić information content (AvgIpc) is 3.39. The zero-order chi connectivity index (χ0) is 27.5. The Bertz CT molecular complexity index is 1340. The van der Waals surface area contributed by atoms with Crippen molar-refractivity contribution in [3.05, 3.63) is 95.0 Å². The van der Waals surface area contributed by atoms with Crippen molar-refractivity contribution >= 4 is 51.3 Å². The molecule has 0 saturated heterocycles. The van der Waals surface area contributed by atoms with E-state index in [1.165, 1.54) is 16.2 Å². The van der Waals surface area contributed by atoms with E-state index in [2.05, 4.69) is 19.7 Å². The minimum absolute atomic E-state index is 0.105. The van der Waals surface area contributed by atoms with Crippen LogP contribution in [0.3, 0.4) is 0 Å². The van der Waals surface area contributed by atoms with Crippen molar-refractivity contribution in [3.8, 4) is 0 Å². The quantitative estimate of drug-likeness (QED) is 0.179. The summed E-state index contributed by atoms with van der Waals surface area (Å²) in [6, 6.07) is 16.4. The SMILES string of the molecule is CN(C(=O)C(Cc1cc(F)cc(F)c1)NC(=O)NSNCc1ccccc1)c1ccc2scnc2c1.CO. The van der Waals surface area contributed by atoms with Crippen molar-refractivity contribution in [3.63, 3.8) is 0 Å². The van der Waals surface area contributed by atoms with Crippen LogP contribution in [0.5, 0.6) is 0 Å². The first kappa shape index (κ1) is 29.0. The van der Waals surface area contributed by atoms with Crippen molar-refractivity contribution in [2.75, 3.05) is 19.1 Å². The minimum atomic E-state index is -1.09.